The van der Waals surface area contributed by atoms with E-state index in [2.05, 4.69) is 86.5 Å². The number of carbonyl (C=O) groups is 1. The van der Waals surface area contributed by atoms with Gasteiger partial charge in [0.2, 0.25) is 0 Å². The van der Waals surface area contributed by atoms with Crippen molar-refractivity contribution in [2.45, 2.75) is 47.1 Å². The van der Waals surface area contributed by atoms with Crippen LogP contribution in [0.3, 0.4) is 0 Å². The van der Waals surface area contributed by atoms with Crippen molar-refractivity contribution in [2.24, 2.45) is 0 Å². The van der Waals surface area contributed by atoms with Gasteiger partial charge in [-0.1, -0.05) is 83.5 Å². The van der Waals surface area contributed by atoms with Crippen molar-refractivity contribution in [1.82, 2.24) is 0 Å². The first-order valence-corrected chi connectivity index (χ1v) is 12.2. The highest BCUT2D eigenvalue weighted by molar-refractivity contribution is 5.89. The van der Waals surface area contributed by atoms with Crippen LogP contribution in [0.15, 0.2) is 101 Å². The Kier molecular flexibility index (Phi) is 9.48. The SMILES string of the molecule is C/C=C(\C)CO/C(=C(/C=O)CC1=CC=C(C)C=CC1)c1ccccc1N(C)Cc1ccc(C)cc1. The molecule has 0 saturated carbocycles. The van der Waals surface area contributed by atoms with Crippen LogP contribution in [-0.4, -0.2) is 19.9 Å². The average Bonchev–Trinajstić information content (AvgIpc) is 3.08. The summed E-state index contributed by atoms with van der Waals surface area (Å²) in [5.74, 6) is 0.655. The number of carbonyl (C=O) groups excluding carboxylic acids is 1. The van der Waals surface area contributed by atoms with E-state index < -0.39 is 0 Å². The Morgan fingerprint density at radius 3 is 2.51 bits per heavy atom. The lowest BCUT2D eigenvalue weighted by Crippen LogP contribution is -2.18. The third kappa shape index (κ3) is 7.45. The van der Waals surface area contributed by atoms with Crippen molar-refractivity contribution in [3.8, 4) is 0 Å². The minimum atomic E-state index is 0.442. The van der Waals surface area contributed by atoms with Gasteiger partial charge in [-0.05, 0) is 57.4 Å². The maximum atomic E-state index is 12.4. The summed E-state index contributed by atoms with van der Waals surface area (Å²) in [5.41, 5.74) is 8.63. The van der Waals surface area contributed by atoms with Crippen LogP contribution in [0.4, 0.5) is 5.69 Å². The number of hydrogen-bond acceptors (Lipinski definition) is 3. The van der Waals surface area contributed by atoms with Gasteiger partial charge in [-0.3, -0.25) is 4.79 Å². The van der Waals surface area contributed by atoms with Gasteiger partial charge in [-0.15, -0.1) is 0 Å². The number of nitrogens with zero attached hydrogens (tertiary/aromatic N) is 1. The Morgan fingerprint density at radius 1 is 1.06 bits per heavy atom. The standard InChI is InChI=1S/C32H37NO2/c1-6-24(2)23-35-32(29(22-34)20-27-11-9-10-25(3)14-17-27)30-12-7-8-13-31(30)33(5)21-28-18-15-26(4)16-19-28/h6-10,12-19,22H,11,20-21,23H2,1-5H3/b24-6+,32-29+. The molecule has 0 radical (unpaired) electrons. The minimum absolute atomic E-state index is 0.442. The minimum Gasteiger partial charge on any atom is -0.488 e. The molecule has 182 valence electrons. The van der Waals surface area contributed by atoms with E-state index in [0.29, 0.717) is 24.4 Å². The zero-order valence-corrected chi connectivity index (χ0v) is 21.7. The Labute approximate surface area is 210 Å². The second kappa shape index (κ2) is 12.8. The summed E-state index contributed by atoms with van der Waals surface area (Å²) in [7, 11) is 2.08. The van der Waals surface area contributed by atoms with Crippen molar-refractivity contribution in [3.63, 3.8) is 0 Å². The fourth-order valence-corrected chi connectivity index (χ4v) is 3.98. The molecule has 0 amide bonds. The van der Waals surface area contributed by atoms with Crippen LogP contribution in [0.2, 0.25) is 0 Å². The zero-order valence-electron chi connectivity index (χ0n) is 21.7. The molecule has 0 saturated heterocycles. The van der Waals surface area contributed by atoms with Gasteiger partial charge in [-0.2, -0.15) is 0 Å². The van der Waals surface area contributed by atoms with Crippen molar-refractivity contribution in [2.75, 3.05) is 18.6 Å². The molecule has 0 spiro atoms. The highest BCUT2D eigenvalue weighted by atomic mass is 16.5. The van der Waals surface area contributed by atoms with E-state index in [4.69, 9.17) is 4.74 Å². The van der Waals surface area contributed by atoms with Crippen molar-refractivity contribution in [1.29, 1.82) is 0 Å². The van der Waals surface area contributed by atoms with Crippen LogP contribution >= 0.6 is 0 Å². The van der Waals surface area contributed by atoms with Crippen molar-refractivity contribution < 1.29 is 9.53 Å². The lowest BCUT2D eigenvalue weighted by molar-refractivity contribution is -0.105. The lowest BCUT2D eigenvalue weighted by Gasteiger charge is -2.25. The third-order valence-electron chi connectivity index (χ3n) is 6.23. The van der Waals surface area contributed by atoms with Crippen molar-refractivity contribution in [3.05, 3.63) is 118 Å². The predicted octanol–water partition coefficient (Wildman–Crippen LogP) is 7.75. The molecule has 0 heterocycles. The number of anilines is 1. The van der Waals surface area contributed by atoms with E-state index in [-0.39, 0.29) is 0 Å². The van der Waals surface area contributed by atoms with Gasteiger partial charge >= 0.3 is 0 Å². The van der Waals surface area contributed by atoms with Crippen LogP contribution in [0.5, 0.6) is 0 Å². The predicted molar refractivity (Wildman–Crippen MR) is 148 cm³/mol. The summed E-state index contributed by atoms with van der Waals surface area (Å²) in [5, 5.41) is 0. The van der Waals surface area contributed by atoms with Gasteiger partial charge < -0.3 is 9.64 Å². The number of aldehydes is 1. The molecule has 3 nitrogen and oxygen atoms in total. The molecule has 0 N–H and O–H groups in total. The number of hydrogen-bond donors (Lipinski definition) is 0. The molecular weight excluding hydrogens is 430 g/mol. The summed E-state index contributed by atoms with van der Waals surface area (Å²) in [6, 6.07) is 16.8. The number of ether oxygens (including phenoxy) is 1. The van der Waals surface area contributed by atoms with Gasteiger partial charge in [0.05, 0.1) is 0 Å². The average molecular weight is 468 g/mol. The van der Waals surface area contributed by atoms with E-state index in [1.807, 2.05) is 32.1 Å². The van der Waals surface area contributed by atoms with Crippen LogP contribution in [0, 0.1) is 6.92 Å². The molecule has 0 bridgehead atoms. The second-order valence-electron chi connectivity index (χ2n) is 9.27. The van der Waals surface area contributed by atoms with Crippen LogP contribution in [-0.2, 0) is 16.1 Å². The molecule has 3 heteroatoms. The highest BCUT2D eigenvalue weighted by Crippen LogP contribution is 2.33. The number of aryl methyl sites for hydroxylation is 1. The summed E-state index contributed by atoms with van der Waals surface area (Å²) < 4.78 is 6.38. The molecule has 35 heavy (non-hydrogen) atoms. The Balaban J connectivity index is 2.02. The molecule has 3 rings (SSSR count). The molecule has 0 aliphatic heterocycles. The van der Waals surface area contributed by atoms with E-state index >= 15 is 0 Å². The van der Waals surface area contributed by atoms with E-state index in [1.54, 1.807) is 0 Å². The molecule has 0 unspecified atom stereocenters. The zero-order chi connectivity index (χ0) is 25.2. The number of rotatable bonds is 10. The summed E-state index contributed by atoms with van der Waals surface area (Å²) in [4.78, 5) is 14.7. The van der Waals surface area contributed by atoms with Gasteiger partial charge in [0.15, 0.2) is 0 Å². The van der Waals surface area contributed by atoms with E-state index in [1.165, 1.54) is 22.3 Å². The molecule has 2 aromatic rings. The fraction of sp³-hybridized carbons (Fsp3) is 0.281. The van der Waals surface area contributed by atoms with Gasteiger partial charge in [0.25, 0.3) is 0 Å². The van der Waals surface area contributed by atoms with Crippen LogP contribution in [0.25, 0.3) is 5.76 Å². The third-order valence-corrected chi connectivity index (χ3v) is 6.23. The number of benzene rings is 2. The Bertz CT molecular complexity index is 1180. The summed E-state index contributed by atoms with van der Waals surface area (Å²) >= 11 is 0. The Hall–Kier alpha value is -3.59. The monoisotopic (exact) mass is 467 g/mol. The maximum Gasteiger partial charge on any atom is 0.150 e. The van der Waals surface area contributed by atoms with E-state index in [9.17, 15) is 4.79 Å². The molecule has 1 aliphatic carbocycles. The smallest absolute Gasteiger partial charge is 0.150 e. The molecule has 1 aliphatic rings. The maximum absolute atomic E-state index is 12.4. The van der Waals surface area contributed by atoms with Crippen LogP contribution < -0.4 is 4.90 Å². The largest absolute Gasteiger partial charge is 0.488 e. The quantitative estimate of drug-likeness (QED) is 0.155. The van der Waals surface area contributed by atoms with E-state index in [0.717, 1.165) is 36.1 Å². The molecule has 0 atom stereocenters. The normalized spacial score (nSPS) is 14.5. The first-order valence-electron chi connectivity index (χ1n) is 12.2. The molecule has 0 aromatic heterocycles. The second-order valence-corrected chi connectivity index (χ2v) is 9.27. The molecular formula is C32H37NO2. The van der Waals surface area contributed by atoms with Crippen molar-refractivity contribution >= 4 is 17.7 Å². The van der Waals surface area contributed by atoms with Gasteiger partial charge in [0.1, 0.15) is 18.7 Å². The summed E-state index contributed by atoms with van der Waals surface area (Å²) in [6.45, 7) is 9.43. The first-order chi connectivity index (χ1) is 16.9. The number of para-hydroxylation sites is 1. The van der Waals surface area contributed by atoms with Crippen LogP contribution in [0.1, 0.15) is 50.3 Å². The van der Waals surface area contributed by atoms with Gasteiger partial charge in [-0.25, -0.2) is 0 Å². The highest BCUT2D eigenvalue weighted by Gasteiger charge is 2.18. The number of allylic oxidation sites excluding steroid dienone is 8. The first kappa shape index (κ1) is 26.0. The van der Waals surface area contributed by atoms with Gasteiger partial charge in [0, 0.05) is 36.8 Å². The summed E-state index contributed by atoms with van der Waals surface area (Å²) in [6.07, 6.45) is 12.9. The topological polar surface area (TPSA) is 29.5 Å². The lowest BCUT2D eigenvalue weighted by atomic mass is 9.98. The fourth-order valence-electron chi connectivity index (χ4n) is 3.98. The Morgan fingerprint density at radius 2 is 1.80 bits per heavy atom. The molecule has 0 fully saturated rings. The molecule has 2 aromatic carbocycles.